The second-order valence-corrected chi connectivity index (χ2v) is 14.3. The van der Waals surface area contributed by atoms with Gasteiger partial charge in [-0.3, -0.25) is 0 Å². The predicted octanol–water partition coefficient (Wildman–Crippen LogP) is 13.1. The minimum Gasteiger partial charge on any atom is -0.305 e. The Balaban J connectivity index is 2.62. The third kappa shape index (κ3) is 22.6. The quantitative estimate of drug-likeness (QED) is 0.0459. The summed E-state index contributed by atoms with van der Waals surface area (Å²) in [7, 11) is 1.71. The molecule has 0 saturated heterocycles. The Morgan fingerprint density at radius 1 is 0.512 bits per heavy atom. The lowest BCUT2D eigenvalue weighted by Gasteiger charge is -2.44. The van der Waals surface area contributed by atoms with Gasteiger partial charge in [0.15, 0.2) is 0 Å². The van der Waals surface area contributed by atoms with E-state index in [1.54, 1.807) is 7.11 Å². The maximum Gasteiger partial charge on any atom is 0.0811 e. The second-order valence-electron chi connectivity index (χ2n) is 14.3. The Bertz CT molecular complexity index is 571. The van der Waals surface area contributed by atoms with Crippen molar-refractivity contribution in [1.29, 1.82) is 0 Å². The molecule has 4 heteroatoms. The first-order valence-corrected chi connectivity index (χ1v) is 19.8. The van der Waals surface area contributed by atoms with Gasteiger partial charge >= 0.3 is 0 Å². The summed E-state index contributed by atoms with van der Waals surface area (Å²) in [5, 5.41) is 3.01. The number of unbranched alkanes of at least 4 members (excludes halogenated alkanes) is 20. The Labute approximate surface area is 270 Å². The third-order valence-corrected chi connectivity index (χ3v) is 10.8. The Morgan fingerprint density at radius 2 is 0.884 bits per heavy atom. The summed E-state index contributed by atoms with van der Waals surface area (Å²) >= 11 is 0. The van der Waals surface area contributed by atoms with Crippen LogP contribution in [-0.4, -0.2) is 20.2 Å². The number of nitroso groups, excluding NO2 is 1. The number of nitrogens with one attached hydrogen (secondary N) is 1. The van der Waals surface area contributed by atoms with E-state index >= 15 is 0 Å². The van der Waals surface area contributed by atoms with Crippen LogP contribution in [-0.2, 0) is 4.84 Å². The Morgan fingerprint density at radius 3 is 1.35 bits per heavy atom. The summed E-state index contributed by atoms with van der Waals surface area (Å²) in [4.78, 5) is 15.3. The number of hydrogen-bond donors (Lipinski definition) is 1. The summed E-state index contributed by atoms with van der Waals surface area (Å²) in [6, 6.07) is 0. The summed E-state index contributed by atoms with van der Waals surface area (Å²) in [5.74, 6) is 4.00. The molecule has 1 saturated carbocycles. The van der Waals surface area contributed by atoms with Crippen molar-refractivity contribution >= 4 is 0 Å². The molecule has 1 N–H and O–H groups in total. The van der Waals surface area contributed by atoms with Crippen LogP contribution in [0, 0.1) is 28.6 Å². The molecule has 1 aliphatic rings. The lowest BCUT2D eigenvalue weighted by atomic mass is 9.61. The zero-order valence-electron chi connectivity index (χ0n) is 29.7. The summed E-state index contributed by atoms with van der Waals surface area (Å²) in [5.41, 5.74) is 2.97. The number of rotatable bonds is 33. The first-order valence-electron chi connectivity index (χ1n) is 19.8. The summed E-state index contributed by atoms with van der Waals surface area (Å²) in [6.07, 6.45) is 42.2. The molecule has 0 amide bonds. The lowest BCUT2D eigenvalue weighted by Crippen LogP contribution is -2.35. The van der Waals surface area contributed by atoms with E-state index in [0.717, 1.165) is 36.6 Å². The zero-order chi connectivity index (χ0) is 31.1. The van der Waals surface area contributed by atoms with Gasteiger partial charge in [0, 0.05) is 6.54 Å². The second kappa shape index (κ2) is 31.5. The molecule has 1 rings (SSSR count). The van der Waals surface area contributed by atoms with Crippen LogP contribution in [0.25, 0.3) is 0 Å². The van der Waals surface area contributed by atoms with Crippen LogP contribution in [0.3, 0.4) is 0 Å². The molecule has 1 fully saturated rings. The SMILES string of the molecule is CCCCCCCCCC1C(CCCCC)CCC(CCCCCCCCCN=O)C1CCCCCCCCCNOC. The zero-order valence-corrected chi connectivity index (χ0v) is 29.7. The van der Waals surface area contributed by atoms with Crippen molar-refractivity contribution in [1.82, 2.24) is 5.48 Å². The van der Waals surface area contributed by atoms with E-state index in [2.05, 4.69) is 24.5 Å². The standard InChI is InChI=1S/C39H78N2O2/c1-4-6-8-9-12-18-24-30-38-36(28-22-7-5-2)32-33-37(29-23-17-13-10-15-20-26-34-40-42)39(38)31-25-19-14-11-16-21-27-35-41-43-3/h36-39,41H,4-35H2,1-3H3. The van der Waals surface area contributed by atoms with Crippen molar-refractivity contribution in [2.24, 2.45) is 28.8 Å². The van der Waals surface area contributed by atoms with Gasteiger partial charge in [-0.1, -0.05) is 173 Å². The Kier molecular flexibility index (Phi) is 29.7. The van der Waals surface area contributed by atoms with Crippen LogP contribution in [0.4, 0.5) is 0 Å². The van der Waals surface area contributed by atoms with Crippen LogP contribution in [0.15, 0.2) is 5.18 Å². The van der Waals surface area contributed by atoms with Crippen molar-refractivity contribution in [2.75, 3.05) is 20.2 Å². The fourth-order valence-electron chi connectivity index (χ4n) is 8.20. The fourth-order valence-corrected chi connectivity index (χ4v) is 8.20. The molecule has 0 spiro atoms. The van der Waals surface area contributed by atoms with Crippen molar-refractivity contribution in [3.63, 3.8) is 0 Å². The average Bonchev–Trinajstić information content (AvgIpc) is 3.02. The molecule has 4 nitrogen and oxygen atoms in total. The van der Waals surface area contributed by atoms with Gasteiger partial charge in [-0.15, -0.1) is 0 Å². The molecule has 256 valence electrons. The number of hydroxylamine groups is 1. The van der Waals surface area contributed by atoms with E-state index in [1.807, 2.05) is 0 Å². The van der Waals surface area contributed by atoms with Crippen LogP contribution in [0.5, 0.6) is 0 Å². The van der Waals surface area contributed by atoms with Gasteiger partial charge in [-0.2, -0.15) is 4.91 Å². The molecule has 0 bridgehead atoms. The molecular formula is C39H78N2O2. The number of nitrogens with zero attached hydrogens (tertiary/aromatic N) is 1. The highest BCUT2D eigenvalue weighted by Gasteiger charge is 2.37. The van der Waals surface area contributed by atoms with Crippen LogP contribution < -0.4 is 5.48 Å². The third-order valence-electron chi connectivity index (χ3n) is 10.8. The molecule has 1 aliphatic carbocycles. The highest BCUT2D eigenvalue weighted by molar-refractivity contribution is 4.88. The topological polar surface area (TPSA) is 50.7 Å². The maximum absolute atomic E-state index is 10.3. The van der Waals surface area contributed by atoms with Crippen LogP contribution in [0.2, 0.25) is 0 Å². The first kappa shape index (κ1) is 40.5. The van der Waals surface area contributed by atoms with Crippen LogP contribution >= 0.6 is 0 Å². The largest absolute Gasteiger partial charge is 0.305 e. The van der Waals surface area contributed by atoms with Gasteiger partial charge in [-0.05, 0) is 62.2 Å². The summed E-state index contributed by atoms with van der Waals surface area (Å²) < 4.78 is 0. The van der Waals surface area contributed by atoms with Gasteiger partial charge in [0.05, 0.1) is 13.7 Å². The highest BCUT2D eigenvalue weighted by atomic mass is 16.6. The van der Waals surface area contributed by atoms with Gasteiger partial charge in [0.1, 0.15) is 0 Å². The van der Waals surface area contributed by atoms with E-state index in [9.17, 15) is 4.91 Å². The maximum atomic E-state index is 10.3. The average molecular weight is 607 g/mol. The van der Waals surface area contributed by atoms with Gasteiger partial charge < -0.3 is 4.84 Å². The van der Waals surface area contributed by atoms with Crippen molar-refractivity contribution in [3.8, 4) is 0 Å². The molecule has 0 aliphatic heterocycles. The van der Waals surface area contributed by atoms with Crippen molar-refractivity contribution in [2.45, 2.75) is 206 Å². The molecule has 0 aromatic carbocycles. The minimum atomic E-state index is 0.509. The van der Waals surface area contributed by atoms with Gasteiger partial charge in [-0.25, -0.2) is 5.48 Å². The smallest absolute Gasteiger partial charge is 0.0811 e. The monoisotopic (exact) mass is 607 g/mol. The molecule has 0 aromatic heterocycles. The van der Waals surface area contributed by atoms with E-state index < -0.39 is 0 Å². The molecule has 4 atom stereocenters. The highest BCUT2D eigenvalue weighted by Crippen LogP contribution is 2.47. The predicted molar refractivity (Wildman–Crippen MR) is 189 cm³/mol. The van der Waals surface area contributed by atoms with Crippen molar-refractivity contribution < 1.29 is 4.84 Å². The van der Waals surface area contributed by atoms with E-state index in [1.165, 1.54) is 186 Å². The molecular weight excluding hydrogens is 528 g/mol. The molecule has 0 aromatic rings. The van der Waals surface area contributed by atoms with E-state index in [-0.39, 0.29) is 0 Å². The number of hydrogen-bond acceptors (Lipinski definition) is 4. The van der Waals surface area contributed by atoms with Gasteiger partial charge in [0.25, 0.3) is 0 Å². The lowest BCUT2D eigenvalue weighted by molar-refractivity contribution is 0.0581. The molecule has 4 unspecified atom stereocenters. The fraction of sp³-hybridized carbons (Fsp3) is 1.00. The van der Waals surface area contributed by atoms with E-state index in [0.29, 0.717) is 6.54 Å². The van der Waals surface area contributed by atoms with E-state index in [4.69, 9.17) is 4.84 Å². The Hall–Kier alpha value is -0.480. The summed E-state index contributed by atoms with van der Waals surface area (Å²) in [6.45, 7) is 6.19. The normalized spacial score (nSPS) is 20.5. The van der Waals surface area contributed by atoms with Gasteiger partial charge in [0.2, 0.25) is 0 Å². The van der Waals surface area contributed by atoms with Crippen LogP contribution in [0.1, 0.15) is 206 Å². The molecule has 43 heavy (non-hydrogen) atoms. The molecule has 0 radical (unpaired) electrons. The molecule has 0 heterocycles. The van der Waals surface area contributed by atoms with Crippen molar-refractivity contribution in [3.05, 3.63) is 4.91 Å². The first-order chi connectivity index (χ1) is 21.3. The minimum absolute atomic E-state index is 0.509.